The van der Waals surface area contributed by atoms with Crippen LogP contribution in [0.1, 0.15) is 38.7 Å². The lowest BCUT2D eigenvalue weighted by molar-refractivity contribution is 0.223. The van der Waals surface area contributed by atoms with E-state index in [1.165, 1.54) is 5.56 Å². The summed E-state index contributed by atoms with van der Waals surface area (Å²) < 4.78 is 0. The molecule has 0 aliphatic rings. The first kappa shape index (κ1) is 11.3. The van der Waals surface area contributed by atoms with Crippen molar-refractivity contribution in [1.29, 1.82) is 0 Å². The van der Waals surface area contributed by atoms with E-state index in [9.17, 15) is 0 Å². The van der Waals surface area contributed by atoms with Gasteiger partial charge in [-0.1, -0.05) is 51.1 Å². The minimum absolute atomic E-state index is 0.212. The van der Waals surface area contributed by atoms with Crippen LogP contribution in [0.3, 0.4) is 0 Å². The fourth-order valence-corrected chi connectivity index (χ4v) is 1.91. The molecule has 1 N–H and O–H groups in total. The van der Waals surface area contributed by atoms with Crippen LogP contribution in [-0.4, -0.2) is 11.7 Å². The van der Waals surface area contributed by atoms with Gasteiger partial charge in [-0.3, -0.25) is 0 Å². The first-order valence-corrected chi connectivity index (χ1v) is 5.21. The van der Waals surface area contributed by atoms with Gasteiger partial charge in [-0.2, -0.15) is 0 Å². The van der Waals surface area contributed by atoms with Gasteiger partial charge in [-0.15, -0.1) is 0 Å². The van der Waals surface area contributed by atoms with Crippen molar-refractivity contribution in [2.24, 2.45) is 5.41 Å². The van der Waals surface area contributed by atoms with Crippen LogP contribution in [0.5, 0.6) is 0 Å². The van der Waals surface area contributed by atoms with Crippen LogP contribution in [-0.2, 0) is 0 Å². The van der Waals surface area contributed by atoms with E-state index in [0.717, 1.165) is 6.42 Å². The van der Waals surface area contributed by atoms with Gasteiger partial charge in [0.2, 0.25) is 0 Å². The van der Waals surface area contributed by atoms with Crippen LogP contribution in [0.15, 0.2) is 30.3 Å². The van der Waals surface area contributed by atoms with Crippen LogP contribution >= 0.6 is 0 Å². The van der Waals surface area contributed by atoms with Gasteiger partial charge in [0.25, 0.3) is 0 Å². The summed E-state index contributed by atoms with van der Waals surface area (Å²) in [6, 6.07) is 10.4. The Morgan fingerprint density at radius 3 is 2.14 bits per heavy atom. The monoisotopic (exact) mass is 192 g/mol. The SMILES string of the molecule is CC(C)(C)[C@@H](CCO)c1ccccc1. The highest BCUT2D eigenvalue weighted by Gasteiger charge is 2.25. The van der Waals surface area contributed by atoms with Crippen LogP contribution in [0.4, 0.5) is 0 Å². The molecular weight excluding hydrogens is 172 g/mol. The standard InChI is InChI=1S/C13H20O/c1-13(2,3)12(9-10-14)11-7-5-4-6-8-11/h4-8,12,14H,9-10H2,1-3H3/t12-/m0/s1. The molecule has 0 aliphatic carbocycles. The Hall–Kier alpha value is -0.820. The molecular formula is C13H20O. The number of aliphatic hydroxyl groups is 1. The van der Waals surface area contributed by atoms with Crippen molar-refractivity contribution in [2.45, 2.75) is 33.1 Å². The zero-order valence-corrected chi connectivity index (χ0v) is 9.33. The van der Waals surface area contributed by atoms with Crippen LogP contribution in [0, 0.1) is 5.41 Å². The number of benzene rings is 1. The third-order valence-electron chi connectivity index (χ3n) is 2.67. The minimum atomic E-state index is 0.212. The first-order chi connectivity index (χ1) is 6.55. The molecule has 0 radical (unpaired) electrons. The summed E-state index contributed by atoms with van der Waals surface area (Å²) in [6.07, 6.45) is 0.841. The summed E-state index contributed by atoms with van der Waals surface area (Å²) in [6.45, 7) is 6.93. The number of aliphatic hydroxyl groups excluding tert-OH is 1. The summed E-state index contributed by atoms with van der Waals surface area (Å²) in [5.74, 6) is 0.439. The molecule has 78 valence electrons. The third kappa shape index (κ3) is 2.85. The molecule has 1 heteroatoms. The van der Waals surface area contributed by atoms with Crippen molar-refractivity contribution in [1.82, 2.24) is 0 Å². The molecule has 0 fully saturated rings. The van der Waals surface area contributed by atoms with Crippen molar-refractivity contribution in [3.63, 3.8) is 0 Å². The second-order valence-corrected chi connectivity index (χ2v) is 4.84. The fourth-order valence-electron chi connectivity index (χ4n) is 1.91. The van der Waals surface area contributed by atoms with E-state index < -0.39 is 0 Å². The van der Waals surface area contributed by atoms with E-state index >= 15 is 0 Å². The molecule has 0 aliphatic heterocycles. The van der Waals surface area contributed by atoms with Gasteiger partial charge in [-0.05, 0) is 23.3 Å². The van der Waals surface area contributed by atoms with E-state index in [4.69, 9.17) is 5.11 Å². The van der Waals surface area contributed by atoms with Gasteiger partial charge in [0.1, 0.15) is 0 Å². The van der Waals surface area contributed by atoms with Crippen molar-refractivity contribution in [3.05, 3.63) is 35.9 Å². The molecule has 0 aromatic heterocycles. The molecule has 0 unspecified atom stereocenters. The normalized spacial score (nSPS) is 14.0. The summed E-state index contributed by atoms with van der Waals surface area (Å²) in [5, 5.41) is 9.06. The maximum Gasteiger partial charge on any atom is 0.0437 e. The maximum atomic E-state index is 9.06. The first-order valence-electron chi connectivity index (χ1n) is 5.21. The smallest absolute Gasteiger partial charge is 0.0437 e. The lowest BCUT2D eigenvalue weighted by Crippen LogP contribution is -2.19. The Labute approximate surface area is 86.8 Å². The molecule has 0 spiro atoms. The summed E-state index contributed by atoms with van der Waals surface area (Å²) in [5.41, 5.74) is 1.54. The van der Waals surface area contributed by atoms with E-state index in [0.29, 0.717) is 5.92 Å². The van der Waals surface area contributed by atoms with Gasteiger partial charge >= 0.3 is 0 Å². The van der Waals surface area contributed by atoms with Crippen LogP contribution < -0.4 is 0 Å². The molecule has 1 nitrogen and oxygen atoms in total. The molecule has 1 aromatic carbocycles. The van der Waals surface area contributed by atoms with Gasteiger partial charge in [0, 0.05) is 6.61 Å². The number of hydrogen-bond acceptors (Lipinski definition) is 1. The van der Waals surface area contributed by atoms with Crippen molar-refractivity contribution in [3.8, 4) is 0 Å². The summed E-state index contributed by atoms with van der Waals surface area (Å²) >= 11 is 0. The van der Waals surface area contributed by atoms with Gasteiger partial charge in [0.05, 0.1) is 0 Å². The molecule has 14 heavy (non-hydrogen) atoms. The average molecular weight is 192 g/mol. The molecule has 0 heterocycles. The second-order valence-electron chi connectivity index (χ2n) is 4.84. The van der Waals surface area contributed by atoms with E-state index in [2.05, 4.69) is 45.0 Å². The van der Waals surface area contributed by atoms with Crippen molar-refractivity contribution in [2.75, 3.05) is 6.61 Å². The highest BCUT2D eigenvalue weighted by atomic mass is 16.3. The molecule has 1 aromatic rings. The Kier molecular flexibility index (Phi) is 3.70. The largest absolute Gasteiger partial charge is 0.396 e. The highest BCUT2D eigenvalue weighted by molar-refractivity contribution is 5.21. The van der Waals surface area contributed by atoms with E-state index in [-0.39, 0.29) is 12.0 Å². The molecule has 0 amide bonds. The zero-order valence-electron chi connectivity index (χ0n) is 9.33. The lowest BCUT2D eigenvalue weighted by Gasteiger charge is -2.30. The quantitative estimate of drug-likeness (QED) is 0.779. The average Bonchev–Trinajstić information content (AvgIpc) is 2.14. The Morgan fingerprint density at radius 1 is 1.14 bits per heavy atom. The number of hydrogen-bond donors (Lipinski definition) is 1. The molecule has 1 atom stereocenters. The fraction of sp³-hybridized carbons (Fsp3) is 0.538. The van der Waals surface area contributed by atoms with Gasteiger partial charge in [-0.25, -0.2) is 0 Å². The topological polar surface area (TPSA) is 20.2 Å². The summed E-state index contributed by atoms with van der Waals surface area (Å²) in [7, 11) is 0. The zero-order chi connectivity index (χ0) is 10.6. The Morgan fingerprint density at radius 2 is 1.71 bits per heavy atom. The van der Waals surface area contributed by atoms with Gasteiger partial charge in [0.15, 0.2) is 0 Å². The number of rotatable bonds is 3. The van der Waals surface area contributed by atoms with E-state index in [1.54, 1.807) is 0 Å². The van der Waals surface area contributed by atoms with Crippen LogP contribution in [0.2, 0.25) is 0 Å². The second kappa shape index (κ2) is 4.61. The van der Waals surface area contributed by atoms with E-state index in [1.807, 2.05) is 6.07 Å². The third-order valence-corrected chi connectivity index (χ3v) is 2.67. The predicted octanol–water partition coefficient (Wildman–Crippen LogP) is 3.20. The molecule has 0 saturated heterocycles. The van der Waals surface area contributed by atoms with Crippen molar-refractivity contribution >= 4 is 0 Å². The van der Waals surface area contributed by atoms with Crippen LogP contribution in [0.25, 0.3) is 0 Å². The molecule has 0 saturated carbocycles. The minimum Gasteiger partial charge on any atom is -0.396 e. The highest BCUT2D eigenvalue weighted by Crippen LogP contribution is 2.37. The lowest BCUT2D eigenvalue weighted by atomic mass is 9.75. The molecule has 0 bridgehead atoms. The van der Waals surface area contributed by atoms with Gasteiger partial charge < -0.3 is 5.11 Å². The summed E-state index contributed by atoms with van der Waals surface area (Å²) in [4.78, 5) is 0. The maximum absolute atomic E-state index is 9.06. The molecule has 1 rings (SSSR count). The van der Waals surface area contributed by atoms with Crippen molar-refractivity contribution < 1.29 is 5.11 Å². The Bertz CT molecular complexity index is 258. The predicted molar refractivity (Wildman–Crippen MR) is 60.3 cm³/mol. The Balaban J connectivity index is 2.89.